The highest BCUT2D eigenvalue weighted by Crippen LogP contribution is 2.26. The number of nitrogens with zero attached hydrogens (tertiary/aromatic N) is 4. The predicted octanol–water partition coefficient (Wildman–Crippen LogP) is 2.56. The number of benzene rings is 1. The van der Waals surface area contributed by atoms with Crippen LogP contribution in [0.4, 0.5) is 0 Å². The number of aromatic nitrogens is 2. The molecule has 2 aromatic rings. The second-order valence-corrected chi connectivity index (χ2v) is 6.82. The van der Waals surface area contributed by atoms with Crippen LogP contribution in [0.25, 0.3) is 0 Å². The van der Waals surface area contributed by atoms with Crippen molar-refractivity contribution in [3.05, 3.63) is 47.8 Å². The molecule has 0 spiro atoms. The Bertz CT molecular complexity index is 739. The van der Waals surface area contributed by atoms with Crippen LogP contribution in [0.2, 0.25) is 0 Å². The summed E-state index contributed by atoms with van der Waals surface area (Å²) in [6, 6.07) is 8.13. The number of nitrogens with one attached hydrogen (secondary N) is 1. The highest BCUT2D eigenvalue weighted by molar-refractivity contribution is 5.80. The van der Waals surface area contributed by atoms with E-state index in [9.17, 15) is 0 Å². The number of hydrogen-bond acceptors (Lipinski definition) is 3. The number of rotatable bonds is 6. The maximum Gasteiger partial charge on any atom is 0.193 e. The highest BCUT2D eigenvalue weighted by Gasteiger charge is 2.26. The average Bonchev–Trinajstić information content (AvgIpc) is 3.28. The van der Waals surface area contributed by atoms with E-state index in [2.05, 4.69) is 39.5 Å². The van der Waals surface area contributed by atoms with Crippen LogP contribution in [-0.2, 0) is 7.05 Å². The van der Waals surface area contributed by atoms with E-state index in [1.165, 1.54) is 11.1 Å². The van der Waals surface area contributed by atoms with Gasteiger partial charge in [-0.3, -0.25) is 9.67 Å². The Labute approximate surface area is 155 Å². The first kappa shape index (κ1) is 18.3. The molecule has 1 unspecified atom stereocenters. The third kappa shape index (κ3) is 4.56. The van der Waals surface area contributed by atoms with Crippen molar-refractivity contribution in [1.82, 2.24) is 20.0 Å². The third-order valence-electron chi connectivity index (χ3n) is 4.85. The Balaban J connectivity index is 1.40. The van der Waals surface area contributed by atoms with Crippen LogP contribution in [0, 0.1) is 6.92 Å². The SMILES string of the molecule is CN=C(NCCCOc1ccccc1C)N1CCC(c2cnn(C)c2)C1. The number of guanidine groups is 1. The molecule has 0 saturated carbocycles. The molecule has 6 heteroatoms. The maximum atomic E-state index is 5.85. The zero-order valence-corrected chi connectivity index (χ0v) is 16.0. The van der Waals surface area contributed by atoms with Gasteiger partial charge in [0.2, 0.25) is 0 Å². The van der Waals surface area contributed by atoms with Gasteiger partial charge in [0.25, 0.3) is 0 Å². The number of ether oxygens (including phenoxy) is 1. The maximum absolute atomic E-state index is 5.85. The zero-order chi connectivity index (χ0) is 18.4. The van der Waals surface area contributed by atoms with E-state index in [0.29, 0.717) is 12.5 Å². The fraction of sp³-hybridized carbons (Fsp3) is 0.500. The number of aryl methyl sites for hydroxylation is 2. The van der Waals surface area contributed by atoms with E-state index in [-0.39, 0.29) is 0 Å². The molecule has 1 aromatic heterocycles. The summed E-state index contributed by atoms with van der Waals surface area (Å²) in [6.07, 6.45) is 6.18. The van der Waals surface area contributed by atoms with Crippen LogP contribution in [0.1, 0.15) is 29.9 Å². The largest absolute Gasteiger partial charge is 0.493 e. The molecule has 1 fully saturated rings. The lowest BCUT2D eigenvalue weighted by atomic mass is 10.0. The normalized spacial score (nSPS) is 17.6. The summed E-state index contributed by atoms with van der Waals surface area (Å²) >= 11 is 0. The number of aliphatic imine (C=N–C) groups is 1. The van der Waals surface area contributed by atoms with Crippen molar-refractivity contribution < 1.29 is 4.74 Å². The Morgan fingerprint density at radius 2 is 2.23 bits per heavy atom. The van der Waals surface area contributed by atoms with Crippen molar-refractivity contribution in [3.63, 3.8) is 0 Å². The molecule has 1 N–H and O–H groups in total. The predicted molar refractivity (Wildman–Crippen MR) is 105 cm³/mol. The lowest BCUT2D eigenvalue weighted by Crippen LogP contribution is -2.40. The molecule has 1 atom stereocenters. The molecule has 0 radical (unpaired) electrons. The van der Waals surface area contributed by atoms with E-state index in [1.807, 2.05) is 43.2 Å². The van der Waals surface area contributed by atoms with E-state index in [1.54, 1.807) is 0 Å². The summed E-state index contributed by atoms with van der Waals surface area (Å²) in [5, 5.41) is 7.76. The Morgan fingerprint density at radius 1 is 1.38 bits per heavy atom. The van der Waals surface area contributed by atoms with Crippen LogP contribution in [0.5, 0.6) is 5.75 Å². The molecule has 1 aromatic carbocycles. The Kier molecular flexibility index (Phi) is 6.15. The molecule has 1 saturated heterocycles. The summed E-state index contributed by atoms with van der Waals surface area (Å²) in [4.78, 5) is 6.78. The van der Waals surface area contributed by atoms with E-state index < -0.39 is 0 Å². The lowest BCUT2D eigenvalue weighted by molar-refractivity contribution is 0.308. The lowest BCUT2D eigenvalue weighted by Gasteiger charge is -2.21. The molecule has 0 amide bonds. The van der Waals surface area contributed by atoms with Gasteiger partial charge in [-0.05, 0) is 37.0 Å². The molecule has 6 nitrogen and oxygen atoms in total. The first-order chi connectivity index (χ1) is 12.7. The Hall–Kier alpha value is -2.50. The van der Waals surface area contributed by atoms with Crippen LogP contribution in [-0.4, -0.2) is 53.9 Å². The molecular formula is C20H29N5O. The number of para-hydroxylation sites is 1. The van der Waals surface area contributed by atoms with Crippen LogP contribution >= 0.6 is 0 Å². The number of likely N-dealkylation sites (tertiary alicyclic amines) is 1. The van der Waals surface area contributed by atoms with Gasteiger partial charge in [-0.15, -0.1) is 0 Å². The second kappa shape index (κ2) is 8.74. The molecule has 0 aliphatic carbocycles. The first-order valence-electron chi connectivity index (χ1n) is 9.30. The highest BCUT2D eigenvalue weighted by atomic mass is 16.5. The van der Waals surface area contributed by atoms with Crippen molar-refractivity contribution in [3.8, 4) is 5.75 Å². The van der Waals surface area contributed by atoms with Gasteiger partial charge in [0.05, 0.1) is 12.8 Å². The van der Waals surface area contributed by atoms with Crippen LogP contribution in [0.3, 0.4) is 0 Å². The van der Waals surface area contributed by atoms with E-state index in [4.69, 9.17) is 4.74 Å². The zero-order valence-electron chi connectivity index (χ0n) is 16.0. The van der Waals surface area contributed by atoms with Crippen molar-refractivity contribution in [2.45, 2.75) is 25.7 Å². The van der Waals surface area contributed by atoms with Crippen molar-refractivity contribution in [2.75, 3.05) is 33.3 Å². The van der Waals surface area contributed by atoms with Gasteiger partial charge in [0, 0.05) is 45.8 Å². The summed E-state index contributed by atoms with van der Waals surface area (Å²) < 4.78 is 7.73. The molecule has 140 valence electrons. The number of hydrogen-bond donors (Lipinski definition) is 1. The summed E-state index contributed by atoms with van der Waals surface area (Å²) in [6.45, 7) is 5.64. The molecule has 1 aliphatic heterocycles. The van der Waals surface area contributed by atoms with Gasteiger partial charge < -0.3 is 15.0 Å². The fourth-order valence-corrected chi connectivity index (χ4v) is 3.38. The third-order valence-corrected chi connectivity index (χ3v) is 4.85. The van der Waals surface area contributed by atoms with Crippen molar-refractivity contribution >= 4 is 5.96 Å². The molecule has 3 rings (SSSR count). The molecule has 1 aliphatic rings. The van der Waals surface area contributed by atoms with Crippen molar-refractivity contribution in [1.29, 1.82) is 0 Å². The second-order valence-electron chi connectivity index (χ2n) is 6.82. The molecular weight excluding hydrogens is 326 g/mol. The van der Waals surface area contributed by atoms with Gasteiger partial charge in [0.15, 0.2) is 5.96 Å². The van der Waals surface area contributed by atoms with Gasteiger partial charge in [-0.2, -0.15) is 5.10 Å². The quantitative estimate of drug-likeness (QED) is 0.492. The fourth-order valence-electron chi connectivity index (χ4n) is 3.38. The van der Waals surface area contributed by atoms with Crippen LogP contribution in [0.15, 0.2) is 41.7 Å². The summed E-state index contributed by atoms with van der Waals surface area (Å²) in [5.74, 6) is 2.48. The van der Waals surface area contributed by atoms with E-state index in [0.717, 1.165) is 44.2 Å². The summed E-state index contributed by atoms with van der Waals surface area (Å²) in [7, 11) is 3.82. The minimum Gasteiger partial charge on any atom is -0.493 e. The topological polar surface area (TPSA) is 54.7 Å². The summed E-state index contributed by atoms with van der Waals surface area (Å²) in [5.41, 5.74) is 2.49. The van der Waals surface area contributed by atoms with Gasteiger partial charge in [0.1, 0.15) is 5.75 Å². The van der Waals surface area contributed by atoms with Crippen LogP contribution < -0.4 is 10.1 Å². The molecule has 0 bridgehead atoms. The average molecular weight is 355 g/mol. The molecule has 26 heavy (non-hydrogen) atoms. The van der Waals surface area contributed by atoms with Gasteiger partial charge in [-0.1, -0.05) is 18.2 Å². The van der Waals surface area contributed by atoms with E-state index >= 15 is 0 Å². The smallest absolute Gasteiger partial charge is 0.193 e. The van der Waals surface area contributed by atoms with Crippen molar-refractivity contribution in [2.24, 2.45) is 12.0 Å². The molecule has 2 heterocycles. The minimum absolute atomic E-state index is 0.534. The standard InChI is InChI=1S/C20H29N5O/c1-16-7-4-5-8-19(16)26-12-6-10-22-20(21-2)25-11-9-17(15-25)18-13-23-24(3)14-18/h4-5,7-8,13-14,17H,6,9-12,15H2,1-3H3,(H,21,22). The Morgan fingerprint density at radius 3 is 2.96 bits per heavy atom. The van der Waals surface area contributed by atoms with Gasteiger partial charge in [-0.25, -0.2) is 0 Å². The van der Waals surface area contributed by atoms with Gasteiger partial charge >= 0.3 is 0 Å². The monoisotopic (exact) mass is 355 g/mol. The first-order valence-corrected chi connectivity index (χ1v) is 9.30. The minimum atomic E-state index is 0.534.